The Morgan fingerprint density at radius 1 is 1.22 bits per heavy atom. The van der Waals surface area contributed by atoms with E-state index < -0.39 is 0 Å². The normalized spacial score (nSPS) is 14.7. The van der Waals surface area contributed by atoms with Gasteiger partial charge in [-0.05, 0) is 25.0 Å². The number of hydrogen-bond donors (Lipinski definition) is 1. The van der Waals surface area contributed by atoms with Crippen molar-refractivity contribution < 1.29 is 0 Å². The minimum Gasteiger partial charge on any atom is -0.384 e. The summed E-state index contributed by atoms with van der Waals surface area (Å²) in [6, 6.07) is 9.51. The quantitative estimate of drug-likeness (QED) is 0.869. The molecule has 0 atom stereocenters. The van der Waals surface area contributed by atoms with Gasteiger partial charge in [0.1, 0.15) is 16.7 Å². The molecular weight excluding hydrogens is 266 g/mol. The number of nitrogens with zero attached hydrogens (tertiary/aromatic N) is 2. The molecule has 1 saturated carbocycles. The van der Waals surface area contributed by atoms with Gasteiger partial charge in [-0.1, -0.05) is 35.5 Å². The highest BCUT2D eigenvalue weighted by Gasteiger charge is 2.27. The molecule has 0 saturated heterocycles. The first kappa shape index (κ1) is 11.8. The maximum absolute atomic E-state index is 6.13. The van der Waals surface area contributed by atoms with Gasteiger partial charge in [0.25, 0.3) is 0 Å². The Morgan fingerprint density at radius 3 is 2.72 bits per heavy atom. The summed E-state index contributed by atoms with van der Waals surface area (Å²) >= 11 is 7.66. The predicted molar refractivity (Wildman–Crippen MR) is 74.0 cm³/mol. The molecule has 0 unspecified atom stereocenters. The fourth-order valence-electron chi connectivity index (χ4n) is 1.68. The van der Waals surface area contributed by atoms with Crippen LogP contribution in [0.2, 0.25) is 5.02 Å². The predicted octanol–water partition coefficient (Wildman–Crippen LogP) is 3.74. The molecule has 0 amide bonds. The van der Waals surface area contributed by atoms with Gasteiger partial charge in [-0.25, -0.2) is 9.97 Å². The van der Waals surface area contributed by atoms with Crippen LogP contribution < -0.4 is 5.73 Å². The smallest absolute Gasteiger partial charge is 0.135 e. The lowest BCUT2D eigenvalue weighted by molar-refractivity contribution is 0.884. The molecule has 1 aliphatic rings. The Morgan fingerprint density at radius 2 is 2.00 bits per heavy atom. The van der Waals surface area contributed by atoms with Crippen molar-refractivity contribution in [1.82, 2.24) is 9.97 Å². The highest BCUT2D eigenvalue weighted by molar-refractivity contribution is 7.99. The molecular formula is C13H12ClN3S. The third-order valence-corrected chi connectivity index (χ3v) is 4.17. The third-order valence-electron chi connectivity index (χ3n) is 2.73. The molecule has 18 heavy (non-hydrogen) atoms. The fourth-order valence-corrected chi connectivity index (χ4v) is 2.79. The zero-order valence-corrected chi connectivity index (χ0v) is 11.2. The largest absolute Gasteiger partial charge is 0.384 e. The van der Waals surface area contributed by atoms with Crippen LogP contribution in [-0.2, 0) is 0 Å². The summed E-state index contributed by atoms with van der Waals surface area (Å²) < 4.78 is 0. The van der Waals surface area contributed by atoms with Crippen LogP contribution in [0.4, 0.5) is 5.82 Å². The third kappa shape index (κ3) is 2.60. The first-order valence-electron chi connectivity index (χ1n) is 5.79. The summed E-state index contributed by atoms with van der Waals surface area (Å²) in [4.78, 5) is 9.81. The van der Waals surface area contributed by atoms with Crippen LogP contribution in [0.25, 0.3) is 0 Å². The monoisotopic (exact) mass is 277 g/mol. The van der Waals surface area contributed by atoms with Gasteiger partial charge in [-0.3, -0.25) is 0 Å². The van der Waals surface area contributed by atoms with Gasteiger partial charge >= 0.3 is 0 Å². The number of benzene rings is 1. The van der Waals surface area contributed by atoms with E-state index in [9.17, 15) is 0 Å². The summed E-state index contributed by atoms with van der Waals surface area (Å²) in [5.74, 6) is 1.89. The lowest BCUT2D eigenvalue weighted by Crippen LogP contribution is -1.99. The van der Waals surface area contributed by atoms with Crippen molar-refractivity contribution in [1.29, 1.82) is 0 Å². The van der Waals surface area contributed by atoms with Crippen molar-refractivity contribution in [3.63, 3.8) is 0 Å². The maximum atomic E-state index is 6.13. The van der Waals surface area contributed by atoms with Crippen LogP contribution in [0.15, 0.2) is 40.3 Å². The van der Waals surface area contributed by atoms with E-state index in [4.69, 9.17) is 17.3 Å². The van der Waals surface area contributed by atoms with E-state index in [-0.39, 0.29) is 0 Å². The molecule has 5 heteroatoms. The van der Waals surface area contributed by atoms with Gasteiger partial charge in [0.05, 0.1) is 5.02 Å². The van der Waals surface area contributed by atoms with Crippen molar-refractivity contribution in [2.45, 2.75) is 28.7 Å². The Hall–Kier alpha value is -1.26. The molecule has 2 N–H and O–H groups in total. The molecule has 1 aliphatic carbocycles. The number of hydrogen-bond acceptors (Lipinski definition) is 4. The first-order valence-corrected chi connectivity index (χ1v) is 6.98. The zero-order chi connectivity index (χ0) is 12.5. The summed E-state index contributed by atoms with van der Waals surface area (Å²) in [7, 11) is 0. The Bertz CT molecular complexity index is 584. The number of rotatable bonds is 3. The summed E-state index contributed by atoms with van der Waals surface area (Å²) in [5.41, 5.74) is 5.82. The van der Waals surface area contributed by atoms with E-state index in [1.54, 1.807) is 6.07 Å². The zero-order valence-electron chi connectivity index (χ0n) is 9.64. The van der Waals surface area contributed by atoms with Crippen LogP contribution in [0, 0.1) is 0 Å². The van der Waals surface area contributed by atoms with Crippen LogP contribution in [0.3, 0.4) is 0 Å². The van der Waals surface area contributed by atoms with Crippen molar-refractivity contribution in [2.75, 3.05) is 5.73 Å². The van der Waals surface area contributed by atoms with Crippen molar-refractivity contribution in [3.8, 4) is 0 Å². The maximum Gasteiger partial charge on any atom is 0.135 e. The van der Waals surface area contributed by atoms with E-state index in [0.29, 0.717) is 11.7 Å². The molecule has 0 spiro atoms. The molecule has 3 nitrogen and oxygen atoms in total. The SMILES string of the molecule is Nc1cc(Sc2ccccc2Cl)nc(C2CC2)n1. The van der Waals surface area contributed by atoms with Crippen molar-refractivity contribution in [2.24, 2.45) is 0 Å². The van der Waals surface area contributed by atoms with E-state index in [0.717, 1.165) is 20.8 Å². The van der Waals surface area contributed by atoms with Crippen molar-refractivity contribution >= 4 is 29.2 Å². The van der Waals surface area contributed by atoms with Crippen LogP contribution >= 0.6 is 23.4 Å². The first-order chi connectivity index (χ1) is 8.72. The number of aromatic nitrogens is 2. The van der Waals surface area contributed by atoms with Gasteiger partial charge in [0.15, 0.2) is 0 Å². The molecule has 92 valence electrons. The molecule has 1 fully saturated rings. The lowest BCUT2D eigenvalue weighted by atomic mass is 10.4. The Labute approximate surface area is 115 Å². The van der Waals surface area contributed by atoms with E-state index in [1.165, 1.54) is 24.6 Å². The van der Waals surface area contributed by atoms with Gasteiger partial charge in [0.2, 0.25) is 0 Å². The van der Waals surface area contributed by atoms with E-state index >= 15 is 0 Å². The van der Waals surface area contributed by atoms with Gasteiger partial charge in [-0.2, -0.15) is 0 Å². The standard InChI is InChI=1S/C13H12ClN3S/c14-9-3-1-2-4-10(9)18-12-7-11(15)16-13(17-12)8-5-6-8/h1-4,7-8H,5-6H2,(H2,15,16,17). The van der Waals surface area contributed by atoms with Gasteiger partial charge < -0.3 is 5.73 Å². The molecule has 0 aliphatic heterocycles. The average Bonchev–Trinajstić information content (AvgIpc) is 3.15. The number of halogens is 1. The molecule has 1 aromatic carbocycles. The van der Waals surface area contributed by atoms with E-state index in [2.05, 4.69) is 9.97 Å². The second-order valence-corrected chi connectivity index (χ2v) is 5.77. The highest BCUT2D eigenvalue weighted by atomic mass is 35.5. The molecule has 1 heterocycles. The topological polar surface area (TPSA) is 51.8 Å². The molecule has 2 aromatic rings. The lowest BCUT2D eigenvalue weighted by Gasteiger charge is -2.06. The minimum atomic E-state index is 0.499. The molecule has 0 radical (unpaired) electrons. The van der Waals surface area contributed by atoms with Gasteiger partial charge in [0, 0.05) is 16.9 Å². The number of nitrogens with two attached hydrogens (primary N) is 1. The second-order valence-electron chi connectivity index (χ2n) is 4.30. The van der Waals surface area contributed by atoms with Crippen LogP contribution in [0.5, 0.6) is 0 Å². The highest BCUT2D eigenvalue weighted by Crippen LogP contribution is 2.40. The Balaban J connectivity index is 1.90. The summed E-state index contributed by atoms with van der Waals surface area (Å²) in [6.07, 6.45) is 2.33. The second kappa shape index (κ2) is 4.78. The van der Waals surface area contributed by atoms with Crippen molar-refractivity contribution in [3.05, 3.63) is 41.2 Å². The number of anilines is 1. The number of nitrogen functional groups attached to an aromatic ring is 1. The Kier molecular flexibility index (Phi) is 3.14. The fraction of sp³-hybridized carbons (Fsp3) is 0.231. The molecule has 3 rings (SSSR count). The van der Waals surface area contributed by atoms with Gasteiger partial charge in [-0.15, -0.1) is 0 Å². The minimum absolute atomic E-state index is 0.499. The van der Waals surface area contributed by atoms with E-state index in [1.807, 2.05) is 24.3 Å². The van der Waals surface area contributed by atoms with Crippen LogP contribution in [-0.4, -0.2) is 9.97 Å². The molecule has 1 aromatic heterocycles. The molecule has 0 bridgehead atoms. The van der Waals surface area contributed by atoms with Crippen LogP contribution in [0.1, 0.15) is 24.6 Å². The summed E-state index contributed by atoms with van der Waals surface area (Å²) in [6.45, 7) is 0. The summed E-state index contributed by atoms with van der Waals surface area (Å²) in [5, 5.41) is 1.59. The average molecular weight is 278 g/mol.